The zero-order valence-electron chi connectivity index (χ0n) is 8.25. The Labute approximate surface area is 84.1 Å². The highest BCUT2D eigenvalue weighted by molar-refractivity contribution is 7.98. The average molecular weight is 202 g/mol. The van der Waals surface area contributed by atoms with Crippen molar-refractivity contribution in [3.63, 3.8) is 0 Å². The molecular formula is C9H18N2OS. The zero-order valence-corrected chi connectivity index (χ0v) is 9.06. The predicted octanol–water partition coefficient (Wildman–Crippen LogP) is 0.757. The second-order valence-electron chi connectivity index (χ2n) is 2.92. The molecule has 76 valence electrons. The van der Waals surface area contributed by atoms with Gasteiger partial charge in [0.25, 0.3) is 0 Å². The monoisotopic (exact) mass is 202 g/mol. The summed E-state index contributed by atoms with van der Waals surface area (Å²) in [5.74, 6) is 0.818. The molecule has 0 aliphatic carbocycles. The first-order valence-electron chi connectivity index (χ1n) is 4.29. The molecule has 1 amide bonds. The van der Waals surface area contributed by atoms with Crippen LogP contribution in [0, 0.1) is 0 Å². The van der Waals surface area contributed by atoms with Gasteiger partial charge < -0.3 is 11.1 Å². The number of carbonyl (C=O) groups is 1. The maximum Gasteiger partial charge on any atom is 0.237 e. The van der Waals surface area contributed by atoms with Crippen LogP contribution in [0.1, 0.15) is 13.3 Å². The quantitative estimate of drug-likeness (QED) is 0.625. The Morgan fingerprint density at radius 1 is 1.77 bits per heavy atom. The highest BCUT2D eigenvalue weighted by Gasteiger charge is 2.13. The van der Waals surface area contributed by atoms with Gasteiger partial charge in [-0.05, 0) is 25.4 Å². The standard InChI is InChI=1S/C9H18N2OS/c1-4-7(2)11-9(12)8(10)5-6-13-3/h4,7-8H,1,5-6,10H2,2-3H3,(H,11,12)/t7?,8-/m0/s1. The zero-order chi connectivity index (χ0) is 10.3. The maximum atomic E-state index is 11.3. The summed E-state index contributed by atoms with van der Waals surface area (Å²) in [7, 11) is 0. The van der Waals surface area contributed by atoms with Crippen LogP contribution >= 0.6 is 11.8 Å². The Morgan fingerprint density at radius 2 is 2.38 bits per heavy atom. The molecule has 13 heavy (non-hydrogen) atoms. The molecule has 1 unspecified atom stereocenters. The molecule has 0 fully saturated rings. The largest absolute Gasteiger partial charge is 0.349 e. The van der Waals surface area contributed by atoms with Gasteiger partial charge in [-0.2, -0.15) is 11.8 Å². The highest BCUT2D eigenvalue weighted by atomic mass is 32.2. The van der Waals surface area contributed by atoms with E-state index in [1.165, 1.54) is 0 Å². The van der Waals surface area contributed by atoms with Gasteiger partial charge in [-0.1, -0.05) is 6.08 Å². The van der Waals surface area contributed by atoms with Crippen LogP contribution in [-0.2, 0) is 4.79 Å². The van der Waals surface area contributed by atoms with E-state index < -0.39 is 6.04 Å². The second-order valence-corrected chi connectivity index (χ2v) is 3.91. The molecule has 3 nitrogen and oxygen atoms in total. The second kappa shape index (κ2) is 6.97. The lowest BCUT2D eigenvalue weighted by molar-refractivity contribution is -0.122. The number of thioether (sulfide) groups is 1. The fourth-order valence-electron chi connectivity index (χ4n) is 0.766. The third kappa shape index (κ3) is 5.71. The summed E-state index contributed by atoms with van der Waals surface area (Å²) >= 11 is 1.69. The summed E-state index contributed by atoms with van der Waals surface area (Å²) in [5.41, 5.74) is 5.65. The van der Waals surface area contributed by atoms with Crippen LogP contribution in [0.4, 0.5) is 0 Å². The molecule has 0 saturated heterocycles. The minimum atomic E-state index is -0.394. The summed E-state index contributed by atoms with van der Waals surface area (Å²) < 4.78 is 0. The Bertz CT molecular complexity index is 173. The first-order valence-corrected chi connectivity index (χ1v) is 5.68. The summed E-state index contributed by atoms with van der Waals surface area (Å²) in [5, 5.41) is 2.75. The van der Waals surface area contributed by atoms with E-state index in [9.17, 15) is 4.79 Å². The predicted molar refractivity (Wildman–Crippen MR) is 58.8 cm³/mol. The van der Waals surface area contributed by atoms with Gasteiger partial charge in [-0.3, -0.25) is 4.79 Å². The first kappa shape index (κ1) is 12.5. The van der Waals surface area contributed by atoms with E-state index in [-0.39, 0.29) is 11.9 Å². The van der Waals surface area contributed by atoms with Gasteiger partial charge in [0.1, 0.15) is 0 Å². The number of carbonyl (C=O) groups excluding carboxylic acids is 1. The number of amides is 1. The van der Waals surface area contributed by atoms with Gasteiger partial charge >= 0.3 is 0 Å². The molecule has 0 aromatic rings. The number of nitrogens with one attached hydrogen (secondary N) is 1. The van der Waals surface area contributed by atoms with Crippen molar-refractivity contribution in [2.24, 2.45) is 5.73 Å². The summed E-state index contributed by atoms with van der Waals surface area (Å²) in [4.78, 5) is 11.3. The lowest BCUT2D eigenvalue weighted by atomic mass is 10.2. The summed E-state index contributed by atoms with van der Waals surface area (Å²) in [6.07, 6.45) is 4.40. The van der Waals surface area contributed by atoms with Crippen LogP contribution in [0.2, 0.25) is 0 Å². The molecule has 4 heteroatoms. The molecule has 0 aromatic heterocycles. The Hall–Kier alpha value is -0.480. The smallest absolute Gasteiger partial charge is 0.237 e. The number of hydrogen-bond acceptors (Lipinski definition) is 3. The molecule has 0 radical (unpaired) electrons. The van der Waals surface area contributed by atoms with Gasteiger partial charge in [0, 0.05) is 6.04 Å². The number of hydrogen-bond donors (Lipinski definition) is 2. The lowest BCUT2D eigenvalue weighted by Gasteiger charge is -2.14. The van der Waals surface area contributed by atoms with Gasteiger partial charge in [0.2, 0.25) is 5.91 Å². The molecule has 0 heterocycles. The van der Waals surface area contributed by atoms with E-state index in [1.54, 1.807) is 17.8 Å². The van der Waals surface area contributed by atoms with Crippen LogP contribution < -0.4 is 11.1 Å². The maximum absolute atomic E-state index is 11.3. The average Bonchev–Trinajstić information content (AvgIpc) is 2.13. The van der Waals surface area contributed by atoms with E-state index in [1.807, 2.05) is 13.2 Å². The number of nitrogens with two attached hydrogens (primary N) is 1. The van der Waals surface area contributed by atoms with E-state index >= 15 is 0 Å². The molecule has 0 aliphatic heterocycles. The van der Waals surface area contributed by atoms with Crippen molar-refractivity contribution in [2.75, 3.05) is 12.0 Å². The summed E-state index contributed by atoms with van der Waals surface area (Å²) in [6, 6.07) is -0.400. The molecule has 0 aliphatic rings. The molecule has 0 spiro atoms. The van der Waals surface area contributed by atoms with E-state index in [4.69, 9.17) is 5.73 Å². The molecule has 0 aromatic carbocycles. The Kier molecular flexibility index (Phi) is 6.72. The van der Waals surface area contributed by atoms with Crippen LogP contribution in [0.5, 0.6) is 0 Å². The van der Waals surface area contributed by atoms with Crippen molar-refractivity contribution in [3.05, 3.63) is 12.7 Å². The lowest BCUT2D eigenvalue weighted by Crippen LogP contribution is -2.44. The van der Waals surface area contributed by atoms with Crippen LogP contribution in [0.15, 0.2) is 12.7 Å². The molecule has 0 bridgehead atoms. The van der Waals surface area contributed by atoms with Gasteiger partial charge in [-0.15, -0.1) is 6.58 Å². The summed E-state index contributed by atoms with van der Waals surface area (Å²) in [6.45, 7) is 5.44. The third-order valence-electron chi connectivity index (χ3n) is 1.69. The molecule has 0 rings (SSSR count). The van der Waals surface area contributed by atoms with E-state index in [2.05, 4.69) is 11.9 Å². The van der Waals surface area contributed by atoms with Crippen molar-refractivity contribution in [1.82, 2.24) is 5.32 Å². The van der Waals surface area contributed by atoms with Crippen molar-refractivity contribution in [3.8, 4) is 0 Å². The van der Waals surface area contributed by atoms with E-state index in [0.717, 1.165) is 12.2 Å². The highest BCUT2D eigenvalue weighted by Crippen LogP contribution is 1.99. The molecule has 0 saturated carbocycles. The van der Waals surface area contributed by atoms with Crippen molar-refractivity contribution in [2.45, 2.75) is 25.4 Å². The Morgan fingerprint density at radius 3 is 2.85 bits per heavy atom. The van der Waals surface area contributed by atoms with Crippen molar-refractivity contribution >= 4 is 17.7 Å². The molecule has 2 atom stereocenters. The van der Waals surface area contributed by atoms with Crippen molar-refractivity contribution in [1.29, 1.82) is 0 Å². The minimum Gasteiger partial charge on any atom is -0.349 e. The number of rotatable bonds is 6. The van der Waals surface area contributed by atoms with Gasteiger partial charge in [0.15, 0.2) is 0 Å². The third-order valence-corrected chi connectivity index (χ3v) is 2.34. The van der Waals surface area contributed by atoms with Gasteiger partial charge in [-0.25, -0.2) is 0 Å². The van der Waals surface area contributed by atoms with Crippen LogP contribution in [0.25, 0.3) is 0 Å². The molecular weight excluding hydrogens is 184 g/mol. The normalized spacial score (nSPS) is 14.7. The fourth-order valence-corrected chi connectivity index (χ4v) is 1.26. The SMILES string of the molecule is C=CC(C)NC(=O)[C@@H](N)CCSC. The Balaban J connectivity index is 3.75. The van der Waals surface area contributed by atoms with Crippen molar-refractivity contribution < 1.29 is 4.79 Å². The van der Waals surface area contributed by atoms with Crippen LogP contribution in [0.3, 0.4) is 0 Å². The molecule has 3 N–H and O–H groups in total. The topological polar surface area (TPSA) is 55.1 Å². The van der Waals surface area contributed by atoms with Crippen LogP contribution in [-0.4, -0.2) is 30.0 Å². The minimum absolute atomic E-state index is 0.00664. The van der Waals surface area contributed by atoms with Gasteiger partial charge in [0.05, 0.1) is 6.04 Å². The first-order chi connectivity index (χ1) is 6.11. The van der Waals surface area contributed by atoms with E-state index in [0.29, 0.717) is 0 Å². The fraction of sp³-hybridized carbons (Fsp3) is 0.667.